The summed E-state index contributed by atoms with van der Waals surface area (Å²) in [6.45, 7) is 4.47. The molecule has 0 unspecified atom stereocenters. The number of amides is 1. The Morgan fingerprint density at radius 2 is 2.12 bits per heavy atom. The lowest BCUT2D eigenvalue weighted by atomic mass is 10.2. The largest absolute Gasteiger partial charge is 0.456 e. The average Bonchev–Trinajstić information content (AvgIpc) is 3.00. The normalized spacial score (nSPS) is 11.0. The van der Waals surface area contributed by atoms with Crippen molar-refractivity contribution < 1.29 is 9.21 Å². The molecule has 3 aromatic rings. The number of halogens is 1. The molecule has 0 atom stereocenters. The van der Waals surface area contributed by atoms with E-state index in [1.165, 1.54) is 0 Å². The Morgan fingerprint density at radius 3 is 2.80 bits per heavy atom. The summed E-state index contributed by atoms with van der Waals surface area (Å²) in [5.74, 6) is 1.12. The van der Waals surface area contributed by atoms with Gasteiger partial charge in [0.05, 0.1) is 17.4 Å². The van der Waals surface area contributed by atoms with Crippen LogP contribution in [0.25, 0.3) is 10.9 Å². The quantitative estimate of drug-likeness (QED) is 0.755. The van der Waals surface area contributed by atoms with E-state index in [2.05, 4.69) is 9.97 Å². The highest BCUT2D eigenvalue weighted by atomic mass is 35.5. The van der Waals surface area contributed by atoms with E-state index in [1.807, 2.05) is 6.92 Å². The van der Waals surface area contributed by atoms with E-state index in [-0.39, 0.29) is 23.8 Å². The van der Waals surface area contributed by atoms with Gasteiger partial charge in [0, 0.05) is 11.6 Å². The van der Waals surface area contributed by atoms with E-state index in [0.29, 0.717) is 34.1 Å². The maximum atomic E-state index is 12.6. The van der Waals surface area contributed by atoms with E-state index in [4.69, 9.17) is 16.0 Å². The lowest BCUT2D eigenvalue weighted by Crippen LogP contribution is -2.32. The first kappa shape index (κ1) is 17.2. The third-order valence-corrected chi connectivity index (χ3v) is 4.03. The van der Waals surface area contributed by atoms with E-state index >= 15 is 0 Å². The maximum Gasteiger partial charge on any atom is 0.289 e. The summed E-state index contributed by atoms with van der Waals surface area (Å²) in [6.07, 6.45) is 0.773. The molecule has 0 aliphatic carbocycles. The van der Waals surface area contributed by atoms with Gasteiger partial charge in [-0.2, -0.15) is 0 Å². The van der Waals surface area contributed by atoms with Crippen molar-refractivity contribution in [1.29, 1.82) is 0 Å². The molecule has 25 heavy (non-hydrogen) atoms. The molecule has 0 spiro atoms. The summed E-state index contributed by atoms with van der Waals surface area (Å²) in [7, 11) is 0. The van der Waals surface area contributed by atoms with Crippen LogP contribution in [-0.4, -0.2) is 27.3 Å². The number of furan rings is 1. The molecule has 0 aliphatic rings. The number of H-pyrrole nitrogens is 1. The molecule has 130 valence electrons. The Hall–Kier alpha value is -2.60. The van der Waals surface area contributed by atoms with Crippen LogP contribution >= 0.6 is 11.6 Å². The average molecular weight is 360 g/mol. The van der Waals surface area contributed by atoms with E-state index < -0.39 is 0 Å². The third kappa shape index (κ3) is 3.74. The van der Waals surface area contributed by atoms with Gasteiger partial charge in [-0.3, -0.25) is 9.59 Å². The number of aryl methyl sites for hydroxylation is 1. The van der Waals surface area contributed by atoms with E-state index in [1.54, 1.807) is 42.2 Å². The van der Waals surface area contributed by atoms with Gasteiger partial charge in [0.25, 0.3) is 11.5 Å². The number of aromatic nitrogens is 2. The Labute approximate surface area is 149 Å². The highest BCUT2D eigenvalue weighted by molar-refractivity contribution is 6.31. The second-order valence-corrected chi connectivity index (χ2v) is 6.25. The zero-order valence-electron chi connectivity index (χ0n) is 14.0. The minimum atomic E-state index is -0.255. The van der Waals surface area contributed by atoms with Crippen LogP contribution in [0, 0.1) is 6.92 Å². The van der Waals surface area contributed by atoms with Crippen molar-refractivity contribution in [3.05, 3.63) is 63.1 Å². The predicted molar refractivity (Wildman–Crippen MR) is 95.9 cm³/mol. The Bertz CT molecular complexity index is 977. The highest BCUT2D eigenvalue weighted by Crippen LogP contribution is 2.16. The molecule has 0 aliphatic heterocycles. The predicted octanol–water partition coefficient (Wildman–Crippen LogP) is 3.53. The number of benzene rings is 1. The monoisotopic (exact) mass is 359 g/mol. The van der Waals surface area contributed by atoms with Crippen molar-refractivity contribution >= 4 is 28.4 Å². The van der Waals surface area contributed by atoms with Crippen molar-refractivity contribution in [3.8, 4) is 0 Å². The van der Waals surface area contributed by atoms with Gasteiger partial charge >= 0.3 is 0 Å². The van der Waals surface area contributed by atoms with Crippen LogP contribution in [0.15, 0.2) is 39.5 Å². The zero-order chi connectivity index (χ0) is 18.0. The Morgan fingerprint density at radius 1 is 1.32 bits per heavy atom. The van der Waals surface area contributed by atoms with Crippen LogP contribution in [0.1, 0.15) is 35.5 Å². The van der Waals surface area contributed by atoms with Crippen molar-refractivity contribution in [2.24, 2.45) is 0 Å². The van der Waals surface area contributed by atoms with Gasteiger partial charge in [0.1, 0.15) is 11.6 Å². The third-order valence-electron chi connectivity index (χ3n) is 3.79. The van der Waals surface area contributed by atoms with Crippen LogP contribution in [-0.2, 0) is 6.54 Å². The minimum absolute atomic E-state index is 0.185. The molecular weight excluding hydrogens is 342 g/mol. The van der Waals surface area contributed by atoms with Crippen LogP contribution in [0.3, 0.4) is 0 Å². The van der Waals surface area contributed by atoms with Gasteiger partial charge in [0.15, 0.2) is 5.76 Å². The fourth-order valence-corrected chi connectivity index (χ4v) is 2.81. The standard InChI is InChI=1S/C18H18ClN3O3/c1-3-8-22(18(24)15-7-4-11(2)25-15)10-16-20-14-9-12(19)5-6-13(14)17(23)21-16/h4-7,9H,3,8,10H2,1-2H3,(H,20,21,23). The van der Waals surface area contributed by atoms with Gasteiger partial charge in [0.2, 0.25) is 0 Å². The molecule has 3 rings (SSSR count). The first-order chi connectivity index (χ1) is 12.0. The van der Waals surface area contributed by atoms with Crippen molar-refractivity contribution in [1.82, 2.24) is 14.9 Å². The Kier molecular flexibility index (Phi) is 4.90. The van der Waals surface area contributed by atoms with Crippen molar-refractivity contribution in [2.45, 2.75) is 26.8 Å². The summed E-state index contributed by atoms with van der Waals surface area (Å²) < 4.78 is 5.42. The van der Waals surface area contributed by atoms with Crippen molar-refractivity contribution in [3.63, 3.8) is 0 Å². The second-order valence-electron chi connectivity index (χ2n) is 5.81. The molecule has 2 heterocycles. The molecular formula is C18H18ClN3O3. The molecule has 1 aromatic carbocycles. The minimum Gasteiger partial charge on any atom is -0.456 e. The molecule has 7 heteroatoms. The van der Waals surface area contributed by atoms with Crippen LogP contribution < -0.4 is 5.56 Å². The topological polar surface area (TPSA) is 79.2 Å². The maximum absolute atomic E-state index is 12.6. The fraction of sp³-hybridized carbons (Fsp3) is 0.278. The second kappa shape index (κ2) is 7.11. The van der Waals surface area contributed by atoms with Crippen LogP contribution in [0.5, 0.6) is 0 Å². The van der Waals surface area contributed by atoms with E-state index in [9.17, 15) is 9.59 Å². The smallest absolute Gasteiger partial charge is 0.289 e. The lowest BCUT2D eigenvalue weighted by molar-refractivity contribution is 0.0705. The number of nitrogens with one attached hydrogen (secondary N) is 1. The van der Waals surface area contributed by atoms with Gasteiger partial charge in [-0.15, -0.1) is 0 Å². The summed E-state index contributed by atoms with van der Waals surface area (Å²) in [5, 5.41) is 0.965. The van der Waals surface area contributed by atoms with Gasteiger partial charge in [-0.05, 0) is 43.7 Å². The molecule has 0 saturated carbocycles. The SMILES string of the molecule is CCCN(Cc1nc2cc(Cl)ccc2c(=O)[nH]1)C(=O)c1ccc(C)o1. The summed E-state index contributed by atoms with van der Waals surface area (Å²) in [4.78, 5) is 33.7. The van der Waals surface area contributed by atoms with Gasteiger partial charge in [-0.1, -0.05) is 18.5 Å². The first-order valence-corrected chi connectivity index (χ1v) is 8.40. The molecule has 0 saturated heterocycles. The number of hydrogen-bond acceptors (Lipinski definition) is 4. The molecule has 1 N–H and O–H groups in total. The number of nitrogens with zero attached hydrogens (tertiary/aromatic N) is 2. The summed E-state index contributed by atoms with van der Waals surface area (Å²) in [5.41, 5.74) is 0.249. The first-order valence-electron chi connectivity index (χ1n) is 8.02. The summed E-state index contributed by atoms with van der Waals surface area (Å²) >= 11 is 5.98. The molecule has 0 radical (unpaired) electrons. The number of hydrogen-bond donors (Lipinski definition) is 1. The molecule has 1 amide bonds. The number of rotatable bonds is 5. The van der Waals surface area contributed by atoms with Gasteiger partial charge in [-0.25, -0.2) is 4.98 Å². The fourth-order valence-electron chi connectivity index (χ4n) is 2.64. The highest BCUT2D eigenvalue weighted by Gasteiger charge is 2.20. The number of carbonyl (C=O) groups excluding carboxylic acids is 1. The summed E-state index contributed by atoms with van der Waals surface area (Å²) in [6, 6.07) is 8.31. The molecule has 0 bridgehead atoms. The van der Waals surface area contributed by atoms with Crippen LogP contribution in [0.4, 0.5) is 0 Å². The van der Waals surface area contributed by atoms with Crippen LogP contribution in [0.2, 0.25) is 5.02 Å². The van der Waals surface area contributed by atoms with E-state index in [0.717, 1.165) is 6.42 Å². The lowest BCUT2D eigenvalue weighted by Gasteiger charge is -2.20. The molecule has 2 aromatic heterocycles. The zero-order valence-corrected chi connectivity index (χ0v) is 14.8. The van der Waals surface area contributed by atoms with Crippen molar-refractivity contribution in [2.75, 3.05) is 6.54 Å². The molecule has 6 nitrogen and oxygen atoms in total. The van der Waals surface area contributed by atoms with Gasteiger partial charge < -0.3 is 14.3 Å². The number of aromatic amines is 1. The number of fused-ring (bicyclic) bond motifs is 1. The number of carbonyl (C=O) groups is 1. The Balaban J connectivity index is 1.93. The molecule has 0 fully saturated rings.